The summed E-state index contributed by atoms with van der Waals surface area (Å²) in [5, 5.41) is 2.94. The van der Waals surface area contributed by atoms with Gasteiger partial charge in [0.15, 0.2) is 0 Å². The zero-order valence-corrected chi connectivity index (χ0v) is 11.5. The highest BCUT2D eigenvalue weighted by atomic mass is 19.4. The molecule has 0 aliphatic rings. The van der Waals surface area contributed by atoms with Crippen molar-refractivity contribution in [2.75, 3.05) is 13.7 Å². The molecular formula is C14H20F3NO. The Labute approximate surface area is 112 Å². The summed E-state index contributed by atoms with van der Waals surface area (Å²) in [5.74, 6) is 0.648. The fourth-order valence-corrected chi connectivity index (χ4v) is 1.99. The van der Waals surface area contributed by atoms with Crippen molar-refractivity contribution in [1.29, 1.82) is 0 Å². The summed E-state index contributed by atoms with van der Waals surface area (Å²) in [4.78, 5) is 0. The molecule has 1 aromatic carbocycles. The minimum absolute atomic E-state index is 0.00350. The first-order valence-electron chi connectivity index (χ1n) is 6.34. The number of hydrogen-bond acceptors (Lipinski definition) is 2. The molecular weight excluding hydrogens is 255 g/mol. The largest absolute Gasteiger partial charge is 0.494 e. The molecule has 0 aliphatic heterocycles. The Kier molecular flexibility index (Phi) is 5.66. The zero-order valence-electron chi connectivity index (χ0n) is 11.5. The van der Waals surface area contributed by atoms with Gasteiger partial charge in [0.25, 0.3) is 0 Å². The second kappa shape index (κ2) is 6.80. The Hall–Kier alpha value is -1.23. The van der Waals surface area contributed by atoms with Crippen LogP contribution < -0.4 is 10.1 Å². The zero-order chi connectivity index (χ0) is 14.5. The van der Waals surface area contributed by atoms with Crippen LogP contribution in [0, 0.1) is 6.92 Å². The average Bonchev–Trinajstić information content (AvgIpc) is 2.32. The fraction of sp³-hybridized carbons (Fsp3) is 0.571. The molecule has 0 fully saturated rings. The lowest BCUT2D eigenvalue weighted by atomic mass is 9.99. The van der Waals surface area contributed by atoms with Crippen molar-refractivity contribution >= 4 is 0 Å². The third-order valence-electron chi connectivity index (χ3n) is 2.91. The van der Waals surface area contributed by atoms with Crippen LogP contribution in [-0.2, 0) is 0 Å². The second-order valence-electron chi connectivity index (χ2n) is 4.47. The second-order valence-corrected chi connectivity index (χ2v) is 4.47. The number of alkyl halides is 3. The van der Waals surface area contributed by atoms with Gasteiger partial charge in [0.05, 0.1) is 6.61 Å². The van der Waals surface area contributed by atoms with Crippen molar-refractivity contribution in [2.24, 2.45) is 0 Å². The number of benzene rings is 1. The smallest absolute Gasteiger partial charge is 0.389 e. The lowest BCUT2D eigenvalue weighted by molar-refractivity contribution is -0.136. The first-order valence-corrected chi connectivity index (χ1v) is 6.34. The Morgan fingerprint density at radius 2 is 2.00 bits per heavy atom. The standard InChI is InChI=1S/C14H20F3NO/c1-4-19-13-6-5-10(2)9-11(13)12(18-3)7-8-14(15,16)17/h5-6,9,12,18H,4,7-8H2,1-3H3. The maximum atomic E-state index is 12.3. The quantitative estimate of drug-likeness (QED) is 0.847. The predicted octanol–water partition coefficient (Wildman–Crippen LogP) is 4.00. The summed E-state index contributed by atoms with van der Waals surface area (Å²) in [6, 6.07) is 5.22. The van der Waals surface area contributed by atoms with E-state index in [9.17, 15) is 13.2 Å². The summed E-state index contributed by atoms with van der Waals surface area (Å²) in [6.07, 6.45) is -4.94. The molecule has 1 unspecified atom stereocenters. The number of halogens is 3. The van der Waals surface area contributed by atoms with E-state index in [0.717, 1.165) is 11.1 Å². The molecule has 19 heavy (non-hydrogen) atoms. The highest BCUT2D eigenvalue weighted by Gasteiger charge is 2.29. The van der Waals surface area contributed by atoms with E-state index < -0.39 is 12.6 Å². The summed E-state index contributed by atoms with van der Waals surface area (Å²) >= 11 is 0. The predicted molar refractivity (Wildman–Crippen MR) is 69.4 cm³/mol. The minimum Gasteiger partial charge on any atom is -0.494 e. The number of rotatable bonds is 6. The molecule has 0 radical (unpaired) electrons. The van der Waals surface area contributed by atoms with Crippen LogP contribution in [0.25, 0.3) is 0 Å². The van der Waals surface area contributed by atoms with Crippen molar-refractivity contribution in [2.45, 2.75) is 38.9 Å². The monoisotopic (exact) mass is 275 g/mol. The molecule has 2 nitrogen and oxygen atoms in total. The molecule has 1 aromatic rings. The molecule has 0 bridgehead atoms. The van der Waals surface area contributed by atoms with Crippen molar-refractivity contribution in [3.05, 3.63) is 29.3 Å². The van der Waals surface area contributed by atoms with Crippen LogP contribution >= 0.6 is 0 Å². The Balaban J connectivity index is 2.92. The number of ether oxygens (including phenoxy) is 1. The molecule has 0 spiro atoms. The molecule has 0 saturated heterocycles. The number of hydrogen-bond donors (Lipinski definition) is 1. The summed E-state index contributed by atoms with van der Waals surface area (Å²) in [6.45, 7) is 4.26. The van der Waals surface area contributed by atoms with Crippen LogP contribution in [0.5, 0.6) is 5.75 Å². The molecule has 1 N–H and O–H groups in total. The molecule has 108 valence electrons. The van der Waals surface area contributed by atoms with Crippen LogP contribution in [0.15, 0.2) is 18.2 Å². The third-order valence-corrected chi connectivity index (χ3v) is 2.91. The molecule has 5 heteroatoms. The van der Waals surface area contributed by atoms with Crippen molar-refractivity contribution in [3.8, 4) is 5.75 Å². The van der Waals surface area contributed by atoms with E-state index in [1.165, 1.54) is 0 Å². The first-order chi connectivity index (χ1) is 8.87. The van der Waals surface area contributed by atoms with Crippen LogP contribution in [-0.4, -0.2) is 19.8 Å². The van der Waals surface area contributed by atoms with Gasteiger partial charge in [-0.3, -0.25) is 0 Å². The Bertz CT molecular complexity index is 404. The minimum atomic E-state index is -4.13. The Morgan fingerprint density at radius 1 is 1.32 bits per heavy atom. The first kappa shape index (κ1) is 15.8. The van der Waals surface area contributed by atoms with Crippen molar-refractivity contribution in [3.63, 3.8) is 0 Å². The third kappa shape index (κ3) is 5.11. The molecule has 0 aromatic heterocycles. The van der Waals surface area contributed by atoms with Gasteiger partial charge in [-0.1, -0.05) is 17.7 Å². The van der Waals surface area contributed by atoms with Crippen LogP contribution in [0.2, 0.25) is 0 Å². The number of nitrogens with one attached hydrogen (secondary N) is 1. The molecule has 0 heterocycles. The van der Waals surface area contributed by atoms with Crippen LogP contribution in [0.4, 0.5) is 13.2 Å². The topological polar surface area (TPSA) is 21.3 Å². The van der Waals surface area contributed by atoms with Crippen molar-refractivity contribution in [1.82, 2.24) is 5.32 Å². The molecule has 0 saturated carbocycles. The van der Waals surface area contributed by atoms with Crippen molar-refractivity contribution < 1.29 is 17.9 Å². The Morgan fingerprint density at radius 3 is 2.53 bits per heavy atom. The van der Waals surface area contributed by atoms with Gasteiger partial charge in [0.2, 0.25) is 0 Å². The molecule has 0 amide bonds. The van der Waals surface area contributed by atoms with Gasteiger partial charge in [0, 0.05) is 18.0 Å². The highest BCUT2D eigenvalue weighted by Crippen LogP contribution is 2.32. The summed E-state index contributed by atoms with van der Waals surface area (Å²) < 4.78 is 42.5. The fourth-order valence-electron chi connectivity index (χ4n) is 1.99. The van der Waals surface area contributed by atoms with Gasteiger partial charge in [0.1, 0.15) is 5.75 Å². The maximum absolute atomic E-state index is 12.3. The normalized spacial score (nSPS) is 13.4. The van der Waals surface area contributed by atoms with E-state index in [4.69, 9.17) is 4.74 Å². The van der Waals surface area contributed by atoms with E-state index in [1.54, 1.807) is 7.05 Å². The van der Waals surface area contributed by atoms with E-state index in [-0.39, 0.29) is 12.5 Å². The van der Waals surface area contributed by atoms with Gasteiger partial charge in [-0.15, -0.1) is 0 Å². The van der Waals surface area contributed by atoms with Gasteiger partial charge < -0.3 is 10.1 Å². The van der Waals surface area contributed by atoms with Gasteiger partial charge >= 0.3 is 6.18 Å². The van der Waals surface area contributed by atoms with E-state index in [2.05, 4.69) is 5.32 Å². The van der Waals surface area contributed by atoms with Crippen LogP contribution in [0.3, 0.4) is 0 Å². The van der Waals surface area contributed by atoms with Gasteiger partial charge in [-0.05, 0) is 33.4 Å². The lowest BCUT2D eigenvalue weighted by Crippen LogP contribution is -2.20. The highest BCUT2D eigenvalue weighted by molar-refractivity contribution is 5.39. The lowest BCUT2D eigenvalue weighted by Gasteiger charge is -2.21. The maximum Gasteiger partial charge on any atom is 0.389 e. The molecule has 1 atom stereocenters. The number of aryl methyl sites for hydroxylation is 1. The molecule has 0 aliphatic carbocycles. The van der Waals surface area contributed by atoms with Crippen LogP contribution in [0.1, 0.15) is 36.9 Å². The molecule has 1 rings (SSSR count). The average molecular weight is 275 g/mol. The van der Waals surface area contributed by atoms with Gasteiger partial charge in [-0.25, -0.2) is 0 Å². The summed E-state index contributed by atoms with van der Waals surface area (Å²) in [5.41, 5.74) is 1.79. The van der Waals surface area contributed by atoms with Gasteiger partial charge in [-0.2, -0.15) is 13.2 Å². The van der Waals surface area contributed by atoms with E-state index in [0.29, 0.717) is 12.4 Å². The SMILES string of the molecule is CCOc1ccc(C)cc1C(CCC(F)(F)F)NC. The van der Waals surface area contributed by atoms with E-state index in [1.807, 2.05) is 32.0 Å². The van der Waals surface area contributed by atoms with E-state index >= 15 is 0 Å². The summed E-state index contributed by atoms with van der Waals surface area (Å²) in [7, 11) is 1.67.